The molecular weight excluding hydrogens is 212 g/mol. The fourth-order valence-corrected chi connectivity index (χ4v) is 1.81. The van der Waals surface area contributed by atoms with Gasteiger partial charge >= 0.3 is 0 Å². The smallest absolute Gasteiger partial charge is 0.147 e. The van der Waals surface area contributed by atoms with E-state index in [1.54, 1.807) is 0 Å². The van der Waals surface area contributed by atoms with Gasteiger partial charge in [-0.1, -0.05) is 39.5 Å². The van der Waals surface area contributed by atoms with Gasteiger partial charge in [-0.2, -0.15) is 10.2 Å². The van der Waals surface area contributed by atoms with E-state index < -0.39 is 0 Å². The molecule has 0 aromatic rings. The molecule has 0 spiro atoms. The molecule has 98 valence electrons. The van der Waals surface area contributed by atoms with Gasteiger partial charge in [0.25, 0.3) is 0 Å². The Bertz CT molecular complexity index is 248. The minimum atomic E-state index is 0.728. The predicted molar refractivity (Wildman–Crippen MR) is 74.1 cm³/mol. The molecule has 0 aliphatic carbocycles. The molecule has 0 fully saturated rings. The molecule has 0 bridgehead atoms. The van der Waals surface area contributed by atoms with E-state index >= 15 is 0 Å². The van der Waals surface area contributed by atoms with Crippen LogP contribution in [-0.4, -0.2) is 23.7 Å². The lowest BCUT2D eigenvalue weighted by Gasteiger charge is -2.12. The van der Waals surface area contributed by atoms with Gasteiger partial charge in [0.15, 0.2) is 0 Å². The Morgan fingerprint density at radius 1 is 1.24 bits per heavy atom. The summed E-state index contributed by atoms with van der Waals surface area (Å²) >= 11 is 0. The number of hydrogen-bond donors (Lipinski definition) is 1. The van der Waals surface area contributed by atoms with Crippen molar-refractivity contribution in [2.45, 2.75) is 65.2 Å². The zero-order chi connectivity index (χ0) is 12.3. The summed E-state index contributed by atoms with van der Waals surface area (Å²) < 4.78 is 0. The number of hydrazone groups is 2. The Morgan fingerprint density at radius 2 is 2.00 bits per heavy atom. The Hall–Kier alpha value is -1.06. The van der Waals surface area contributed by atoms with Crippen LogP contribution in [0.4, 0.5) is 0 Å². The molecule has 4 heteroatoms. The first kappa shape index (κ1) is 14.0. The average molecular weight is 238 g/mol. The van der Waals surface area contributed by atoms with Crippen molar-refractivity contribution in [1.82, 2.24) is 10.4 Å². The summed E-state index contributed by atoms with van der Waals surface area (Å²) in [5, 5.41) is 10.7. The highest BCUT2D eigenvalue weighted by Gasteiger charge is 2.14. The highest BCUT2D eigenvalue weighted by atomic mass is 15.6. The van der Waals surface area contributed by atoms with Crippen molar-refractivity contribution in [3.05, 3.63) is 0 Å². The van der Waals surface area contributed by atoms with E-state index in [9.17, 15) is 0 Å². The molecule has 0 aromatic carbocycles. The Morgan fingerprint density at radius 3 is 2.76 bits per heavy atom. The number of nitrogens with zero attached hydrogens (tertiary/aromatic N) is 3. The molecule has 0 amide bonds. The largest absolute Gasteiger partial charge is 0.287 e. The summed E-state index contributed by atoms with van der Waals surface area (Å²) in [5.74, 6) is 1.09. The predicted octanol–water partition coefficient (Wildman–Crippen LogP) is 3.31. The first-order valence-corrected chi connectivity index (χ1v) is 6.97. The van der Waals surface area contributed by atoms with Gasteiger partial charge in [0.05, 0.1) is 0 Å². The first-order valence-electron chi connectivity index (χ1n) is 6.97. The number of nitrogens with one attached hydrogen (secondary N) is 1. The van der Waals surface area contributed by atoms with Crippen molar-refractivity contribution in [3.8, 4) is 0 Å². The summed E-state index contributed by atoms with van der Waals surface area (Å²) in [4.78, 5) is 0. The van der Waals surface area contributed by atoms with Crippen molar-refractivity contribution in [1.29, 1.82) is 0 Å². The summed E-state index contributed by atoms with van der Waals surface area (Å²) in [5.41, 5.74) is 3.00. The summed E-state index contributed by atoms with van der Waals surface area (Å²) in [7, 11) is 0. The molecule has 1 heterocycles. The number of hydrogen-bond acceptors (Lipinski definition) is 4. The van der Waals surface area contributed by atoms with E-state index in [-0.39, 0.29) is 0 Å². The van der Waals surface area contributed by atoms with E-state index in [0.717, 1.165) is 25.3 Å². The van der Waals surface area contributed by atoms with E-state index in [0.29, 0.717) is 0 Å². The van der Waals surface area contributed by atoms with Gasteiger partial charge in [-0.05, 0) is 19.3 Å². The Kier molecular flexibility index (Phi) is 7.43. The third-order valence-electron chi connectivity index (χ3n) is 2.89. The third-order valence-corrected chi connectivity index (χ3v) is 2.89. The molecule has 0 aromatic heterocycles. The molecule has 4 nitrogen and oxygen atoms in total. The van der Waals surface area contributed by atoms with Crippen molar-refractivity contribution in [3.63, 3.8) is 0 Å². The number of amidine groups is 1. The van der Waals surface area contributed by atoms with Crippen LogP contribution < -0.4 is 5.43 Å². The van der Waals surface area contributed by atoms with Crippen LogP contribution in [0.15, 0.2) is 10.2 Å². The van der Waals surface area contributed by atoms with E-state index in [4.69, 9.17) is 0 Å². The second-order valence-electron chi connectivity index (χ2n) is 4.49. The van der Waals surface area contributed by atoms with Crippen LogP contribution in [0.1, 0.15) is 65.2 Å². The van der Waals surface area contributed by atoms with Crippen LogP contribution in [-0.2, 0) is 0 Å². The van der Waals surface area contributed by atoms with Gasteiger partial charge in [0, 0.05) is 12.6 Å². The van der Waals surface area contributed by atoms with Crippen molar-refractivity contribution in [2.24, 2.45) is 10.2 Å². The summed E-state index contributed by atoms with van der Waals surface area (Å²) in [6.45, 7) is 5.17. The quantitative estimate of drug-likeness (QED) is 0.494. The molecule has 0 saturated carbocycles. The van der Waals surface area contributed by atoms with Crippen molar-refractivity contribution < 1.29 is 0 Å². The lowest BCUT2D eigenvalue weighted by molar-refractivity contribution is 0.442. The lowest BCUT2D eigenvalue weighted by atomic mass is 10.2. The highest BCUT2D eigenvalue weighted by Crippen LogP contribution is 2.08. The number of rotatable bonds is 9. The fourth-order valence-electron chi connectivity index (χ4n) is 1.81. The van der Waals surface area contributed by atoms with Gasteiger partial charge < -0.3 is 0 Å². The second kappa shape index (κ2) is 9.02. The van der Waals surface area contributed by atoms with Crippen LogP contribution in [0.3, 0.4) is 0 Å². The zero-order valence-electron chi connectivity index (χ0n) is 11.3. The molecule has 17 heavy (non-hydrogen) atoms. The maximum atomic E-state index is 4.47. The van der Waals surface area contributed by atoms with Crippen molar-refractivity contribution in [2.75, 3.05) is 6.67 Å². The molecule has 0 unspecified atom stereocenters. The molecule has 1 aliphatic heterocycles. The third kappa shape index (κ3) is 5.71. The SMILES string of the molecule is CCCCCC=NN1CNN=C1CCCCC. The van der Waals surface area contributed by atoms with Gasteiger partial charge in [0.2, 0.25) is 0 Å². The number of unbranched alkanes of at least 4 members (excludes halogenated alkanes) is 5. The van der Waals surface area contributed by atoms with E-state index in [2.05, 4.69) is 29.5 Å². The van der Waals surface area contributed by atoms with Crippen LogP contribution in [0.5, 0.6) is 0 Å². The average Bonchev–Trinajstić information content (AvgIpc) is 2.77. The molecule has 0 saturated heterocycles. The van der Waals surface area contributed by atoms with Gasteiger partial charge in [-0.25, -0.2) is 5.01 Å². The Balaban J connectivity index is 2.20. The lowest BCUT2D eigenvalue weighted by Crippen LogP contribution is -2.24. The second-order valence-corrected chi connectivity index (χ2v) is 4.49. The first-order chi connectivity index (χ1) is 8.38. The molecule has 1 aliphatic rings. The van der Waals surface area contributed by atoms with Crippen LogP contribution in [0.2, 0.25) is 0 Å². The van der Waals surface area contributed by atoms with Crippen LogP contribution in [0.25, 0.3) is 0 Å². The minimum absolute atomic E-state index is 0.728. The van der Waals surface area contributed by atoms with Gasteiger partial charge in [-0.3, -0.25) is 5.43 Å². The highest BCUT2D eigenvalue weighted by molar-refractivity contribution is 5.83. The summed E-state index contributed by atoms with van der Waals surface area (Å²) in [6.07, 6.45) is 11.7. The summed E-state index contributed by atoms with van der Waals surface area (Å²) in [6, 6.07) is 0. The van der Waals surface area contributed by atoms with Crippen molar-refractivity contribution >= 4 is 12.1 Å². The maximum absolute atomic E-state index is 4.47. The molecule has 0 atom stereocenters. The van der Waals surface area contributed by atoms with Crippen LogP contribution in [0, 0.1) is 0 Å². The fraction of sp³-hybridized carbons (Fsp3) is 0.846. The molecular formula is C13H26N4. The van der Waals surface area contributed by atoms with Gasteiger partial charge in [0.1, 0.15) is 12.5 Å². The molecule has 0 radical (unpaired) electrons. The molecule has 1 rings (SSSR count). The van der Waals surface area contributed by atoms with E-state index in [1.807, 2.05) is 11.2 Å². The minimum Gasteiger partial charge on any atom is -0.287 e. The standard InChI is InChI=1S/C13H26N4/c1-3-5-7-9-11-15-17-12-14-16-13(17)10-8-6-4-2/h11,14H,3-10,12H2,1-2H3. The maximum Gasteiger partial charge on any atom is 0.147 e. The monoisotopic (exact) mass is 238 g/mol. The zero-order valence-corrected chi connectivity index (χ0v) is 11.3. The Labute approximate surface area is 105 Å². The van der Waals surface area contributed by atoms with E-state index in [1.165, 1.54) is 38.5 Å². The normalized spacial score (nSPS) is 15.4. The van der Waals surface area contributed by atoms with Gasteiger partial charge in [-0.15, -0.1) is 0 Å². The topological polar surface area (TPSA) is 40.0 Å². The molecule has 1 N–H and O–H groups in total. The van der Waals surface area contributed by atoms with Crippen LogP contribution >= 0.6 is 0 Å².